The molecule has 2 fully saturated rings. The Kier molecular flexibility index (Phi) is 18.0. The number of nitrogens with one attached hydrogen (secondary N) is 1. The molecule has 0 saturated carbocycles. The summed E-state index contributed by atoms with van der Waals surface area (Å²) in [5, 5.41) is -0.117. The van der Waals surface area contributed by atoms with Crippen LogP contribution in [0.25, 0.3) is 0 Å². The number of likely N-dealkylation sites (tertiary alicyclic amines) is 1. The van der Waals surface area contributed by atoms with Crippen molar-refractivity contribution in [3.05, 3.63) is 0 Å². The van der Waals surface area contributed by atoms with E-state index in [1.54, 1.807) is 18.8 Å². The third-order valence-electron chi connectivity index (χ3n) is 4.87. The maximum atomic E-state index is 11.9. The van der Waals surface area contributed by atoms with Gasteiger partial charge >= 0.3 is 0 Å². The molecule has 2 aliphatic heterocycles. The molecule has 2 saturated heterocycles. The second-order valence-electron chi connectivity index (χ2n) is 7.29. The monoisotopic (exact) mass is 727 g/mol. The van der Waals surface area contributed by atoms with E-state index in [4.69, 9.17) is 1.41 Å². The van der Waals surface area contributed by atoms with Crippen LogP contribution in [0.15, 0.2) is 0 Å². The first-order chi connectivity index (χ1) is 12.7. The van der Waals surface area contributed by atoms with Gasteiger partial charge in [-0.05, 0) is 42.6 Å². The number of imide groups is 2. The van der Waals surface area contributed by atoms with Crippen molar-refractivity contribution in [1.29, 1.82) is 0 Å². The summed E-state index contributed by atoms with van der Waals surface area (Å²) in [6.07, 6.45) is 3.51. The van der Waals surface area contributed by atoms with Crippen LogP contribution in [0.4, 0.5) is 0 Å². The second kappa shape index (κ2) is 16.6. The van der Waals surface area contributed by atoms with E-state index >= 15 is 0 Å². The Morgan fingerprint density at radius 2 is 1.45 bits per heavy atom. The van der Waals surface area contributed by atoms with Crippen LogP contribution in [-0.4, -0.2) is 57.6 Å². The molecule has 4 amide bonds. The fourth-order valence-corrected chi connectivity index (χ4v) is 5.88. The number of carbonyl (C=O) groups excluding carboxylic acids is 4. The van der Waals surface area contributed by atoms with Crippen molar-refractivity contribution in [2.45, 2.75) is 86.2 Å². The Morgan fingerprint density at radius 3 is 1.84 bits per heavy atom. The summed E-state index contributed by atoms with van der Waals surface area (Å²) in [5.41, 5.74) is 0. The summed E-state index contributed by atoms with van der Waals surface area (Å²) in [6, 6.07) is 0. The predicted octanol–water partition coefficient (Wildman–Crippen LogP) is 4.61. The zero-order valence-corrected chi connectivity index (χ0v) is 19.6. The smallest absolute Gasteiger partial charge is 0.242 e. The Hall–Kier alpha value is -2.02. The molecule has 0 aromatic heterocycles. The minimum absolute atomic E-state index is 0. The molecule has 2 rings (SSSR count). The number of nitrogens with zero attached hydrogens (tertiary/aromatic N) is 1. The number of hydrogen-bond acceptors (Lipinski definition) is 6. The van der Waals surface area contributed by atoms with Gasteiger partial charge in [-0.1, -0.05) is 43.6 Å². The van der Waals surface area contributed by atoms with Crippen LogP contribution in [0.5, 0.6) is 0 Å². The molecule has 0 bridgehead atoms. The minimum Gasteiger partial charge on any atom is -0.295 e. The first-order valence-electron chi connectivity index (χ1n) is 9.54. The Morgan fingerprint density at radius 1 is 0.968 bits per heavy atom. The summed E-state index contributed by atoms with van der Waals surface area (Å²) < 4.78 is 7.32. The number of hydrogen-bond donors (Lipinski definition) is 1. The molecule has 1 N–H and O–H groups in total. The van der Waals surface area contributed by atoms with Crippen LogP contribution in [0.3, 0.4) is 0 Å². The third-order valence-corrected chi connectivity index (χ3v) is 7.36. The number of amides is 4. The van der Waals surface area contributed by atoms with E-state index in [9.17, 15) is 19.2 Å². The van der Waals surface area contributed by atoms with Gasteiger partial charge in [0.2, 0.25) is 23.6 Å². The van der Waals surface area contributed by atoms with Gasteiger partial charge in [0.25, 0.3) is 0 Å². The number of carbonyl (C=O) groups is 4. The Bertz CT molecular complexity index is 562. The van der Waals surface area contributed by atoms with Crippen LogP contribution in [0.2, 0.25) is 1.41 Å². The van der Waals surface area contributed by atoms with E-state index in [2.05, 4.69) is 13.8 Å². The van der Waals surface area contributed by atoms with Crippen LogP contribution >= 0.6 is 23.5 Å². The predicted molar refractivity (Wildman–Crippen MR) is 132 cm³/mol. The molecule has 193 valence electrons. The Balaban J connectivity index is -0.000000784. The largest absolute Gasteiger partial charge is 0.295 e. The molecule has 0 aromatic carbocycles. The van der Waals surface area contributed by atoms with Crippen LogP contribution < -0.4 is 5.31 Å². The zero-order chi connectivity index (χ0) is 20.1. The third kappa shape index (κ3) is 10.7. The number of rotatable bonds is 10. The normalized spacial score (nSPS) is 22.4. The van der Waals surface area contributed by atoms with E-state index in [1.807, 2.05) is 0 Å². The molecule has 1 radical (unpaired) electrons. The van der Waals surface area contributed by atoms with Crippen molar-refractivity contribution in [3.63, 3.8) is 0 Å². The van der Waals surface area contributed by atoms with Gasteiger partial charge in [0.1, 0.15) is 0 Å². The van der Waals surface area contributed by atoms with Gasteiger partial charge in [0, 0.05) is 19.9 Å². The van der Waals surface area contributed by atoms with Crippen LogP contribution in [0.1, 0.15) is 75.7 Å². The van der Waals surface area contributed by atoms with Gasteiger partial charge in [0.05, 0.1) is 10.5 Å². The van der Waals surface area contributed by atoms with Crippen LogP contribution in [-0.2, 0) is 19.2 Å². The molecule has 0 aliphatic carbocycles. The fourth-order valence-electron chi connectivity index (χ4n) is 3.21. The first-order valence-corrected chi connectivity index (χ1v) is 11.2. The molecule has 2 aliphatic rings. The van der Waals surface area contributed by atoms with Crippen molar-refractivity contribution in [2.75, 3.05) is 18.6 Å². The van der Waals surface area contributed by atoms with Crippen molar-refractivity contribution < 1.29 is 20.6 Å². The second-order valence-corrected chi connectivity index (χ2v) is 9.91. The van der Waals surface area contributed by atoms with Gasteiger partial charge in [-0.15, -0.1) is 23.5 Å². The molecule has 0 spiro atoms. The Labute approximate surface area is 194 Å². The minimum atomic E-state index is -0.412. The van der Waals surface area contributed by atoms with E-state index in [1.165, 1.54) is 16.7 Å². The van der Waals surface area contributed by atoms with Gasteiger partial charge in [0.15, 0.2) is 1.41 Å². The van der Waals surface area contributed by atoms with Crippen molar-refractivity contribution in [2.24, 2.45) is 11.8 Å². The molecule has 31 heavy (non-hydrogen) atoms. The van der Waals surface area contributed by atoms with Crippen molar-refractivity contribution in [1.82, 2.24) is 10.2 Å². The molecule has 4 atom stereocenters. The van der Waals surface area contributed by atoms with Gasteiger partial charge in [-0.3, -0.25) is 29.4 Å². The molecule has 4 unspecified atom stereocenters. The van der Waals surface area contributed by atoms with Gasteiger partial charge < -0.3 is 0 Å². The molecule has 0 aromatic rings. The summed E-state index contributed by atoms with van der Waals surface area (Å²) in [4.78, 5) is 47.7. The van der Waals surface area contributed by atoms with E-state index in [0.717, 1.165) is 30.8 Å². The maximum absolute atomic E-state index is 11.9. The zero-order valence-electron chi connectivity index (χ0n) is 16.9. The molecular formula is C22H44LrN2O4S2. The quantitative estimate of drug-likeness (QED) is 0.332. The van der Waals surface area contributed by atoms with Gasteiger partial charge in [-0.2, -0.15) is 0 Å². The maximum Gasteiger partial charge on any atom is 0.242 e. The standard InChI is InChI=1S/C18H28N2O4S2.4CH4.Lr/c1-11(4-6-25-13-9-15(21)19-17(13)23)8-12(2)5-7-26-14-10-16(22)20(3)18(14)24;;;;;/h11-14H,4-10H2,1-3H3,(H,19,21,23);4*1H4;/i/hD. The van der Waals surface area contributed by atoms with Gasteiger partial charge in [-0.25, -0.2) is 0 Å². The molecule has 9 heteroatoms. The average molecular weight is 728 g/mol. The van der Waals surface area contributed by atoms with Crippen molar-refractivity contribution >= 4 is 47.2 Å². The molecular weight excluding hydrogens is 682 g/mol. The number of thioether (sulfide) groups is 2. The summed E-state index contributed by atoms with van der Waals surface area (Å²) in [7, 11) is 1.55. The van der Waals surface area contributed by atoms with E-state index in [-0.39, 0.29) is 58.4 Å². The summed E-state index contributed by atoms with van der Waals surface area (Å²) in [5.74, 6) is 1.75. The SMILES string of the molecule is C.C.C.C.[2H]N1C(=O)CC(SCCC(C)CC(C)CCSC2CC(=O)N(C)C2=O)C1=O.[Lr]. The average Bonchev–Trinajstić information content (AvgIpc) is 2.99. The first kappa shape index (κ1) is 33.6. The fraction of sp³-hybridized carbons (Fsp3) is 0.818. The van der Waals surface area contributed by atoms with Crippen molar-refractivity contribution in [3.8, 4) is 0 Å². The topological polar surface area (TPSA) is 83.6 Å². The summed E-state index contributed by atoms with van der Waals surface area (Å²) in [6.45, 7) is 4.39. The summed E-state index contributed by atoms with van der Waals surface area (Å²) >= 11 is 3.06. The molecule has 6 nitrogen and oxygen atoms in total. The molecule has 2 heterocycles. The van der Waals surface area contributed by atoms with E-state index in [0.29, 0.717) is 23.6 Å². The van der Waals surface area contributed by atoms with Crippen LogP contribution in [0, 0.1) is 11.8 Å². The van der Waals surface area contributed by atoms with E-state index < -0.39 is 11.8 Å².